The Morgan fingerprint density at radius 1 is 0.871 bits per heavy atom. The van der Waals surface area contributed by atoms with Crippen molar-refractivity contribution in [3.8, 4) is 0 Å². The van der Waals surface area contributed by atoms with E-state index in [2.05, 4.69) is 5.32 Å². The van der Waals surface area contributed by atoms with Crippen molar-refractivity contribution in [3.63, 3.8) is 0 Å². The van der Waals surface area contributed by atoms with Crippen molar-refractivity contribution in [3.05, 3.63) is 107 Å². The molecule has 2 amide bonds. The molecular formula is C26H23FN2O2. The number of nitrogens with one attached hydrogen (secondary N) is 1. The Bertz CT molecular complexity index is 1170. The summed E-state index contributed by atoms with van der Waals surface area (Å²) in [6.45, 7) is 4.15. The van der Waals surface area contributed by atoms with Crippen LogP contribution in [0.25, 0.3) is 5.57 Å². The van der Waals surface area contributed by atoms with Crippen LogP contribution in [0.2, 0.25) is 0 Å². The number of carbonyl (C=O) groups is 2. The minimum atomic E-state index is -0.356. The molecule has 0 spiro atoms. The van der Waals surface area contributed by atoms with Gasteiger partial charge in [0.15, 0.2) is 0 Å². The molecule has 1 N–H and O–H groups in total. The Kier molecular flexibility index (Phi) is 5.67. The second kappa shape index (κ2) is 8.56. The average molecular weight is 414 g/mol. The fourth-order valence-corrected chi connectivity index (χ4v) is 3.80. The number of nitrogens with zero attached hydrogens (tertiary/aromatic N) is 1. The molecule has 156 valence electrons. The molecule has 1 heterocycles. The monoisotopic (exact) mass is 414 g/mol. The molecule has 0 aliphatic carbocycles. The Hall–Kier alpha value is -3.73. The predicted octanol–water partition coefficient (Wildman–Crippen LogP) is 4.88. The number of anilines is 1. The molecule has 4 nitrogen and oxygen atoms in total. The van der Waals surface area contributed by atoms with Crippen LogP contribution in [-0.2, 0) is 16.0 Å². The maximum absolute atomic E-state index is 13.4. The topological polar surface area (TPSA) is 49.4 Å². The number of aryl methyl sites for hydroxylation is 2. The first-order valence-electron chi connectivity index (χ1n) is 10.2. The number of para-hydroxylation sites is 1. The summed E-state index contributed by atoms with van der Waals surface area (Å²) in [5.74, 6) is -0.992. The van der Waals surface area contributed by atoms with E-state index < -0.39 is 0 Å². The number of amides is 2. The van der Waals surface area contributed by atoms with Crippen molar-refractivity contribution in [1.29, 1.82) is 0 Å². The zero-order valence-electron chi connectivity index (χ0n) is 17.5. The summed E-state index contributed by atoms with van der Waals surface area (Å²) in [5, 5.41) is 3.17. The minimum absolute atomic E-state index is 0.220. The smallest absolute Gasteiger partial charge is 0.278 e. The van der Waals surface area contributed by atoms with Gasteiger partial charge in [0.25, 0.3) is 11.8 Å². The third-order valence-corrected chi connectivity index (χ3v) is 5.40. The van der Waals surface area contributed by atoms with Crippen molar-refractivity contribution < 1.29 is 14.0 Å². The van der Waals surface area contributed by atoms with Gasteiger partial charge >= 0.3 is 0 Å². The Morgan fingerprint density at radius 2 is 1.58 bits per heavy atom. The number of hydrogen-bond acceptors (Lipinski definition) is 3. The van der Waals surface area contributed by atoms with Gasteiger partial charge in [-0.05, 0) is 61.2 Å². The van der Waals surface area contributed by atoms with E-state index in [9.17, 15) is 14.0 Å². The lowest BCUT2D eigenvalue weighted by molar-refractivity contribution is -0.136. The summed E-state index contributed by atoms with van der Waals surface area (Å²) in [4.78, 5) is 27.9. The molecular weight excluding hydrogens is 391 g/mol. The Balaban J connectivity index is 1.68. The van der Waals surface area contributed by atoms with Gasteiger partial charge in [-0.2, -0.15) is 0 Å². The van der Waals surface area contributed by atoms with Gasteiger partial charge in [0.05, 0.1) is 5.57 Å². The molecule has 0 bridgehead atoms. The summed E-state index contributed by atoms with van der Waals surface area (Å²) in [6, 6.07) is 21.3. The minimum Gasteiger partial charge on any atom is -0.350 e. The highest BCUT2D eigenvalue weighted by atomic mass is 19.1. The highest BCUT2D eigenvalue weighted by Gasteiger charge is 2.39. The largest absolute Gasteiger partial charge is 0.350 e. The van der Waals surface area contributed by atoms with E-state index in [1.165, 1.54) is 17.0 Å². The fourth-order valence-electron chi connectivity index (χ4n) is 3.80. The van der Waals surface area contributed by atoms with E-state index >= 15 is 0 Å². The highest BCUT2D eigenvalue weighted by Crippen LogP contribution is 2.32. The second-order valence-electron chi connectivity index (χ2n) is 7.70. The van der Waals surface area contributed by atoms with E-state index in [1.807, 2.05) is 62.4 Å². The number of hydrogen-bond donors (Lipinski definition) is 1. The van der Waals surface area contributed by atoms with Crippen LogP contribution in [0.3, 0.4) is 0 Å². The molecule has 0 fully saturated rings. The molecule has 3 aromatic rings. The lowest BCUT2D eigenvalue weighted by Crippen LogP contribution is -2.34. The van der Waals surface area contributed by atoms with Gasteiger partial charge in [0, 0.05) is 12.2 Å². The summed E-state index contributed by atoms with van der Waals surface area (Å²) < 4.78 is 13.2. The van der Waals surface area contributed by atoms with Crippen LogP contribution in [0.15, 0.2) is 78.5 Å². The van der Waals surface area contributed by atoms with Crippen molar-refractivity contribution >= 4 is 23.1 Å². The van der Waals surface area contributed by atoms with Crippen LogP contribution in [0.5, 0.6) is 0 Å². The van der Waals surface area contributed by atoms with Gasteiger partial charge in [-0.1, -0.05) is 54.1 Å². The van der Waals surface area contributed by atoms with Crippen molar-refractivity contribution in [2.75, 3.05) is 11.9 Å². The molecule has 3 aromatic carbocycles. The fraction of sp³-hybridized carbons (Fsp3) is 0.154. The molecule has 4 rings (SSSR count). The molecule has 0 saturated heterocycles. The van der Waals surface area contributed by atoms with Gasteiger partial charge in [-0.3, -0.25) is 14.5 Å². The molecule has 0 unspecified atom stereocenters. The van der Waals surface area contributed by atoms with E-state index in [1.54, 1.807) is 12.1 Å². The molecule has 1 aliphatic heterocycles. The number of carbonyl (C=O) groups excluding carboxylic acids is 2. The number of benzene rings is 3. The molecule has 0 atom stereocenters. The lowest BCUT2D eigenvalue weighted by atomic mass is 9.97. The van der Waals surface area contributed by atoms with Gasteiger partial charge < -0.3 is 5.32 Å². The van der Waals surface area contributed by atoms with E-state index in [-0.39, 0.29) is 29.9 Å². The van der Waals surface area contributed by atoms with Gasteiger partial charge in [0.2, 0.25) is 0 Å². The van der Waals surface area contributed by atoms with Crippen molar-refractivity contribution in [2.24, 2.45) is 0 Å². The maximum atomic E-state index is 13.4. The standard InChI is InChI=1S/C26H23FN2O2/c1-17-8-13-22(18(2)16-17)23-24(28-21-6-4-3-5-7-21)26(31)29(25(23)30)15-14-19-9-11-20(27)12-10-19/h3-13,16,28H,14-15H2,1-2H3. The molecule has 1 aliphatic rings. The third-order valence-electron chi connectivity index (χ3n) is 5.40. The predicted molar refractivity (Wildman–Crippen MR) is 120 cm³/mol. The van der Waals surface area contributed by atoms with E-state index in [4.69, 9.17) is 0 Å². The highest BCUT2D eigenvalue weighted by molar-refractivity contribution is 6.36. The van der Waals surface area contributed by atoms with E-state index in [0.29, 0.717) is 12.0 Å². The SMILES string of the molecule is Cc1ccc(C2=C(Nc3ccccc3)C(=O)N(CCc3ccc(F)cc3)C2=O)c(C)c1. The van der Waals surface area contributed by atoms with Crippen LogP contribution in [0, 0.1) is 19.7 Å². The maximum Gasteiger partial charge on any atom is 0.278 e. The van der Waals surface area contributed by atoms with E-state index in [0.717, 1.165) is 27.9 Å². The summed E-state index contributed by atoms with van der Waals surface area (Å²) in [7, 11) is 0. The normalized spacial score (nSPS) is 13.8. The first kappa shape index (κ1) is 20.5. The zero-order valence-corrected chi connectivity index (χ0v) is 17.5. The first-order chi connectivity index (χ1) is 14.9. The molecule has 5 heteroatoms. The molecule has 0 radical (unpaired) electrons. The number of halogens is 1. The summed E-state index contributed by atoms with van der Waals surface area (Å²) in [6.07, 6.45) is 0.455. The van der Waals surface area contributed by atoms with Gasteiger partial charge in [-0.15, -0.1) is 0 Å². The van der Waals surface area contributed by atoms with Gasteiger partial charge in [-0.25, -0.2) is 4.39 Å². The van der Waals surface area contributed by atoms with Crippen molar-refractivity contribution in [1.82, 2.24) is 4.90 Å². The first-order valence-corrected chi connectivity index (χ1v) is 10.2. The second-order valence-corrected chi connectivity index (χ2v) is 7.70. The lowest BCUT2D eigenvalue weighted by Gasteiger charge is -2.15. The molecule has 0 aromatic heterocycles. The van der Waals surface area contributed by atoms with Crippen molar-refractivity contribution in [2.45, 2.75) is 20.3 Å². The summed E-state index contributed by atoms with van der Waals surface area (Å²) in [5.41, 5.74) is 5.02. The van der Waals surface area contributed by atoms with Gasteiger partial charge in [0.1, 0.15) is 11.5 Å². The van der Waals surface area contributed by atoms with Crippen LogP contribution in [0.4, 0.5) is 10.1 Å². The third kappa shape index (κ3) is 4.26. The Morgan fingerprint density at radius 3 is 2.26 bits per heavy atom. The zero-order chi connectivity index (χ0) is 22.0. The average Bonchev–Trinajstić information content (AvgIpc) is 2.98. The quantitative estimate of drug-likeness (QED) is 0.585. The molecule has 0 saturated carbocycles. The Labute approximate surface area is 181 Å². The van der Waals surface area contributed by atoms with Crippen LogP contribution < -0.4 is 5.32 Å². The van der Waals surface area contributed by atoms with Crippen LogP contribution >= 0.6 is 0 Å². The summed E-state index contributed by atoms with van der Waals surface area (Å²) >= 11 is 0. The molecule has 31 heavy (non-hydrogen) atoms. The number of imide groups is 1. The van der Waals surface area contributed by atoms with Crippen LogP contribution in [0.1, 0.15) is 22.3 Å². The number of rotatable bonds is 6. The van der Waals surface area contributed by atoms with Crippen LogP contribution in [-0.4, -0.2) is 23.3 Å².